The number of nitrogens with one attached hydrogen (secondary N) is 3. The molecule has 0 aliphatic heterocycles. The fourth-order valence-electron chi connectivity index (χ4n) is 5.99. The summed E-state index contributed by atoms with van der Waals surface area (Å²) in [6.45, 7) is 4.28. The Morgan fingerprint density at radius 2 is 1.29 bits per heavy atom. The van der Waals surface area contributed by atoms with E-state index in [0.717, 1.165) is 68.9 Å². The fourth-order valence-corrected chi connectivity index (χ4v) is 5.99. The normalized spacial score (nSPS) is 14.6. The maximum absolute atomic E-state index is 12.4. The Balaban J connectivity index is 2.20. The highest BCUT2D eigenvalue weighted by atomic mass is 16.4. The summed E-state index contributed by atoms with van der Waals surface area (Å²) in [5.41, 5.74) is 2.74. The van der Waals surface area contributed by atoms with Gasteiger partial charge in [-0.2, -0.15) is 5.01 Å². The fraction of sp³-hybridized carbons (Fsp3) is 0.543. The predicted molar refractivity (Wildman–Crippen MR) is 176 cm³/mol. The molecule has 0 saturated carbocycles. The van der Waals surface area contributed by atoms with Crippen LogP contribution in [0.2, 0.25) is 0 Å². The number of hydrogen-bond acceptors (Lipinski definition) is 6. The number of unbranched alkanes of at least 4 members (excludes halogenated alkanes) is 8. The van der Waals surface area contributed by atoms with Gasteiger partial charge in [0.25, 0.3) is 0 Å². The minimum absolute atomic E-state index is 0.0920. The molecule has 248 valence electrons. The van der Waals surface area contributed by atoms with Crippen LogP contribution in [0.15, 0.2) is 60.7 Å². The monoisotopic (exact) mass is 624 g/mol. The van der Waals surface area contributed by atoms with Crippen LogP contribution < -0.4 is 16.1 Å². The van der Waals surface area contributed by atoms with Gasteiger partial charge in [-0.15, -0.1) is 0 Å². The highest BCUT2D eigenvalue weighted by molar-refractivity contribution is 5.68. The zero-order chi connectivity index (χ0) is 32.9. The van der Waals surface area contributed by atoms with Crippen molar-refractivity contribution in [1.29, 1.82) is 0 Å². The van der Waals surface area contributed by atoms with Crippen molar-refractivity contribution in [3.63, 3.8) is 0 Å². The first-order chi connectivity index (χ1) is 21.7. The van der Waals surface area contributed by atoms with Gasteiger partial charge in [-0.25, -0.2) is 9.59 Å². The lowest BCUT2D eigenvalue weighted by Gasteiger charge is -2.49. The molecule has 0 radical (unpaired) electrons. The molecule has 0 aliphatic carbocycles. The molecule has 0 bridgehead atoms. The van der Waals surface area contributed by atoms with Crippen LogP contribution >= 0.6 is 0 Å². The van der Waals surface area contributed by atoms with Crippen LogP contribution in [0.5, 0.6) is 0 Å². The molecule has 4 atom stereocenters. The number of hydrazine groups is 1. The third-order valence-corrected chi connectivity index (χ3v) is 8.29. The van der Waals surface area contributed by atoms with Crippen molar-refractivity contribution in [1.82, 2.24) is 21.1 Å². The number of carboxylic acid groups (broad SMARTS) is 2. The van der Waals surface area contributed by atoms with Gasteiger partial charge in [0.1, 0.15) is 18.2 Å². The molecule has 0 fully saturated rings. The van der Waals surface area contributed by atoms with Crippen molar-refractivity contribution in [3.8, 4) is 0 Å². The molecule has 0 spiro atoms. The van der Waals surface area contributed by atoms with Gasteiger partial charge in [0.2, 0.25) is 0 Å². The van der Waals surface area contributed by atoms with E-state index in [1.807, 2.05) is 67.6 Å². The molecule has 10 nitrogen and oxygen atoms in total. The molecule has 2 rings (SSSR count). The first-order valence-corrected chi connectivity index (χ1v) is 16.2. The van der Waals surface area contributed by atoms with E-state index in [1.165, 1.54) is 17.9 Å². The van der Waals surface area contributed by atoms with Crippen molar-refractivity contribution in [2.75, 3.05) is 6.54 Å². The molecule has 2 amide bonds. The molecule has 45 heavy (non-hydrogen) atoms. The van der Waals surface area contributed by atoms with Crippen LogP contribution in [0.4, 0.5) is 9.59 Å². The van der Waals surface area contributed by atoms with E-state index < -0.39 is 23.9 Å². The molecule has 0 aliphatic rings. The molecule has 10 heteroatoms. The quantitative estimate of drug-likeness (QED) is 0.0401. The van der Waals surface area contributed by atoms with Gasteiger partial charge >= 0.3 is 12.2 Å². The predicted octanol–water partition coefficient (Wildman–Crippen LogP) is 6.20. The zero-order valence-electron chi connectivity index (χ0n) is 26.8. The van der Waals surface area contributed by atoms with Gasteiger partial charge in [-0.3, -0.25) is 5.43 Å². The summed E-state index contributed by atoms with van der Waals surface area (Å²) < 4.78 is 0. The minimum atomic E-state index is -1.46. The topological polar surface area (TPSA) is 148 Å². The number of carbonyl (C=O) groups excluding carboxylic acids is 2. The summed E-state index contributed by atoms with van der Waals surface area (Å²) in [7, 11) is 0. The SMILES string of the molecule is CC(C=O)NCCCCCCCCCCC[C@@H](Cc1ccccc1)C(Cc1ccccc1)(NC(=O)O)N(NC(=O)O)[C@@H](C)C=O. The van der Waals surface area contributed by atoms with E-state index in [0.29, 0.717) is 19.1 Å². The lowest BCUT2D eigenvalue weighted by molar-refractivity contribution is -0.121. The summed E-state index contributed by atoms with van der Waals surface area (Å²) in [6, 6.07) is 18.1. The molecular formula is C35H52N4O6. The van der Waals surface area contributed by atoms with Gasteiger partial charge in [0.15, 0.2) is 0 Å². The second-order valence-electron chi connectivity index (χ2n) is 11.9. The third-order valence-electron chi connectivity index (χ3n) is 8.29. The maximum Gasteiger partial charge on any atom is 0.419 e. The first kappa shape index (κ1) is 37.4. The standard InChI is InChI=1S/C35H52N4O6/c1-28(26-40)36-23-17-9-7-5-3-4-6-8-16-22-32(24-30-18-12-10-13-19-30)35(37-33(42)43,25-31-20-14-11-15-21-31)39(29(2)27-41)38-34(44)45/h10-15,18-21,26-29,32,36-38H,3-9,16-17,22-25H2,1-2H3,(H,42,43)(H,44,45)/t28?,29-,32-,35?/m0/s1. The van der Waals surface area contributed by atoms with E-state index in [9.17, 15) is 29.4 Å². The lowest BCUT2D eigenvalue weighted by atomic mass is 9.78. The third kappa shape index (κ3) is 13.8. The van der Waals surface area contributed by atoms with Crippen LogP contribution in [-0.2, 0) is 22.4 Å². The van der Waals surface area contributed by atoms with Crippen molar-refractivity contribution >= 4 is 24.8 Å². The largest absolute Gasteiger partial charge is 0.465 e. The van der Waals surface area contributed by atoms with Crippen LogP contribution in [-0.4, -0.2) is 64.3 Å². The molecule has 0 saturated heterocycles. The molecule has 5 N–H and O–H groups in total. The van der Waals surface area contributed by atoms with E-state index in [1.54, 1.807) is 6.92 Å². The summed E-state index contributed by atoms with van der Waals surface area (Å²) in [4.78, 5) is 47.3. The maximum atomic E-state index is 12.4. The second-order valence-corrected chi connectivity index (χ2v) is 11.9. The molecule has 0 heterocycles. The van der Waals surface area contributed by atoms with Gasteiger partial charge in [-0.05, 0) is 50.8 Å². The highest BCUT2D eigenvalue weighted by Gasteiger charge is 2.48. The van der Waals surface area contributed by atoms with Crippen molar-refractivity contribution in [2.45, 2.75) is 109 Å². The van der Waals surface area contributed by atoms with E-state index in [2.05, 4.69) is 16.1 Å². The average molecular weight is 625 g/mol. The smallest absolute Gasteiger partial charge is 0.419 e. The van der Waals surface area contributed by atoms with Crippen molar-refractivity contribution in [2.24, 2.45) is 5.92 Å². The summed E-state index contributed by atoms with van der Waals surface area (Å²) in [6.07, 6.45) is 9.77. The number of carbonyl (C=O) groups is 4. The number of hydrogen-bond donors (Lipinski definition) is 5. The number of nitrogens with zero attached hydrogens (tertiary/aromatic N) is 1. The Morgan fingerprint density at radius 1 is 0.756 bits per heavy atom. The number of rotatable bonds is 24. The number of benzene rings is 2. The average Bonchev–Trinajstić information content (AvgIpc) is 3.03. The first-order valence-electron chi connectivity index (χ1n) is 16.2. The van der Waals surface area contributed by atoms with E-state index >= 15 is 0 Å². The summed E-state index contributed by atoms with van der Waals surface area (Å²) in [5.74, 6) is -0.374. The Bertz CT molecular complexity index is 1140. The van der Waals surface area contributed by atoms with Crippen molar-refractivity contribution < 1.29 is 29.4 Å². The highest BCUT2D eigenvalue weighted by Crippen LogP contribution is 2.34. The molecule has 2 aromatic carbocycles. The minimum Gasteiger partial charge on any atom is -0.465 e. The molecule has 2 aromatic rings. The van der Waals surface area contributed by atoms with Crippen LogP contribution in [0.3, 0.4) is 0 Å². The van der Waals surface area contributed by atoms with Gasteiger partial charge < -0.3 is 30.4 Å². The number of aldehydes is 2. The van der Waals surface area contributed by atoms with Crippen LogP contribution in [0, 0.1) is 5.92 Å². The Hall–Kier alpha value is -3.76. The summed E-state index contributed by atoms with van der Waals surface area (Å²) in [5, 5.41) is 27.2. The van der Waals surface area contributed by atoms with E-state index in [-0.39, 0.29) is 18.4 Å². The van der Waals surface area contributed by atoms with Gasteiger partial charge in [-0.1, -0.05) is 112 Å². The lowest BCUT2D eigenvalue weighted by Crippen LogP contribution is -2.72. The van der Waals surface area contributed by atoms with Crippen LogP contribution in [0.1, 0.15) is 89.2 Å². The Labute approximate surface area is 267 Å². The Kier molecular flexibility index (Phi) is 17.5. The second kappa shape index (κ2) is 21.1. The molecular weight excluding hydrogens is 572 g/mol. The Morgan fingerprint density at radius 3 is 1.80 bits per heavy atom. The molecule has 0 aromatic heterocycles. The van der Waals surface area contributed by atoms with Gasteiger partial charge in [0.05, 0.1) is 12.1 Å². The molecule has 2 unspecified atom stereocenters. The summed E-state index contributed by atoms with van der Waals surface area (Å²) >= 11 is 0. The zero-order valence-corrected chi connectivity index (χ0v) is 26.8. The van der Waals surface area contributed by atoms with Crippen LogP contribution in [0.25, 0.3) is 0 Å². The van der Waals surface area contributed by atoms with E-state index in [4.69, 9.17) is 0 Å². The van der Waals surface area contributed by atoms with Gasteiger partial charge in [0, 0.05) is 12.3 Å². The van der Waals surface area contributed by atoms with Crippen molar-refractivity contribution in [3.05, 3.63) is 71.8 Å². The number of amides is 2.